The van der Waals surface area contributed by atoms with Crippen LogP contribution >= 0.6 is 23.2 Å². The molecule has 1 aromatic rings. The summed E-state index contributed by atoms with van der Waals surface area (Å²) in [5.41, 5.74) is 0. The van der Waals surface area contributed by atoms with Crippen LogP contribution in [0.25, 0.3) is 0 Å². The maximum atomic E-state index is 10.6. The molecule has 0 unspecified atom stereocenters. The van der Waals surface area contributed by atoms with Crippen LogP contribution in [0.4, 0.5) is 0 Å². The molecule has 0 amide bonds. The third kappa shape index (κ3) is 5.55. The van der Waals surface area contributed by atoms with Crippen molar-refractivity contribution in [3.05, 3.63) is 22.2 Å². The normalized spacial score (nSPS) is 11.3. The molecule has 1 rings (SSSR count). The molecule has 0 aliphatic carbocycles. The van der Waals surface area contributed by atoms with Crippen LogP contribution in [0.15, 0.2) is 21.9 Å². The average molecular weight is 351 g/mol. The van der Waals surface area contributed by atoms with Crippen molar-refractivity contribution in [3.8, 4) is 0 Å². The van der Waals surface area contributed by atoms with Crippen LogP contribution in [0.3, 0.4) is 0 Å². The summed E-state index contributed by atoms with van der Waals surface area (Å²) in [4.78, 5) is -1.77. The number of rotatable bonds is 2. The number of hydrogen-bond donors (Lipinski definition) is 0. The smallest absolute Gasteiger partial charge is 0.744 e. The van der Waals surface area contributed by atoms with E-state index in [4.69, 9.17) is 23.2 Å². The van der Waals surface area contributed by atoms with Gasteiger partial charge in [-0.2, -0.15) is 0 Å². The van der Waals surface area contributed by atoms with Crippen LogP contribution < -0.4 is 59.1 Å². The molecule has 0 fully saturated rings. The van der Waals surface area contributed by atoms with Gasteiger partial charge in [-0.25, -0.2) is 16.8 Å². The Hall–Kier alpha value is 1.62. The van der Waals surface area contributed by atoms with E-state index in [1.54, 1.807) is 0 Å². The Morgan fingerprint density at radius 2 is 1.00 bits per heavy atom. The predicted octanol–water partition coefficient (Wildman–Crippen LogP) is -5.19. The first-order valence-corrected chi connectivity index (χ1v) is 7.01. The van der Waals surface area contributed by atoms with Gasteiger partial charge >= 0.3 is 59.1 Å². The molecule has 0 bridgehead atoms. The molecule has 0 saturated heterocycles. The average Bonchev–Trinajstić information content (AvgIpc) is 2.04. The Labute approximate surface area is 158 Å². The van der Waals surface area contributed by atoms with E-state index in [2.05, 4.69) is 0 Å². The van der Waals surface area contributed by atoms with Gasteiger partial charge in [0.1, 0.15) is 20.2 Å². The summed E-state index contributed by atoms with van der Waals surface area (Å²) >= 11 is 10.7. The van der Waals surface area contributed by atoms with Crippen molar-refractivity contribution in [1.82, 2.24) is 0 Å². The van der Waals surface area contributed by atoms with Gasteiger partial charge in [-0.3, -0.25) is 0 Å². The maximum Gasteiger partial charge on any atom is 1.00 e. The predicted molar refractivity (Wildman–Crippen MR) is 52.4 cm³/mol. The molecule has 0 aromatic heterocycles. The van der Waals surface area contributed by atoms with E-state index in [1.165, 1.54) is 0 Å². The van der Waals surface area contributed by atoms with Crippen molar-refractivity contribution in [2.45, 2.75) is 9.79 Å². The van der Waals surface area contributed by atoms with Gasteiger partial charge in [-0.1, -0.05) is 23.2 Å². The van der Waals surface area contributed by atoms with E-state index >= 15 is 0 Å². The molecule has 90 valence electrons. The summed E-state index contributed by atoms with van der Waals surface area (Å²) < 4.78 is 63.8. The number of benzene rings is 1. The zero-order valence-electron chi connectivity index (χ0n) is 9.18. The Kier molecular flexibility index (Phi) is 9.22. The molecule has 0 aliphatic rings. The minimum atomic E-state index is -4.88. The summed E-state index contributed by atoms with van der Waals surface area (Å²) in [5, 5.41) is -1.34. The molecule has 0 radical (unpaired) electrons. The minimum Gasteiger partial charge on any atom is -0.744 e. The first-order chi connectivity index (χ1) is 7.03. The second kappa shape index (κ2) is 7.58. The summed E-state index contributed by atoms with van der Waals surface area (Å²) in [6.07, 6.45) is 0. The van der Waals surface area contributed by atoms with Crippen LogP contribution in [0.5, 0.6) is 0 Å². The molecule has 0 atom stereocenters. The zero-order chi connectivity index (χ0) is 12.7. The summed E-state index contributed by atoms with van der Waals surface area (Å²) in [5.74, 6) is 0. The topological polar surface area (TPSA) is 114 Å². The maximum absolute atomic E-state index is 10.6. The molecule has 0 aliphatic heterocycles. The summed E-state index contributed by atoms with van der Waals surface area (Å²) in [6.45, 7) is 0. The van der Waals surface area contributed by atoms with Gasteiger partial charge in [0.25, 0.3) is 0 Å². The van der Waals surface area contributed by atoms with Crippen molar-refractivity contribution in [2.75, 3.05) is 0 Å². The largest absolute Gasteiger partial charge is 1.00 e. The molecule has 1 aromatic carbocycles. The molecule has 18 heavy (non-hydrogen) atoms. The fourth-order valence-corrected chi connectivity index (χ4v) is 3.04. The van der Waals surface area contributed by atoms with Gasteiger partial charge in [0.2, 0.25) is 0 Å². The second-order valence-electron chi connectivity index (χ2n) is 2.62. The molecule has 6 nitrogen and oxygen atoms in total. The van der Waals surface area contributed by atoms with Crippen LogP contribution in [0.2, 0.25) is 10.0 Å². The zero-order valence-corrected chi connectivity index (χ0v) is 16.3. The monoisotopic (exact) mass is 350 g/mol. The van der Waals surface area contributed by atoms with E-state index < -0.39 is 40.1 Å². The van der Waals surface area contributed by atoms with Crippen LogP contribution in [0, 0.1) is 0 Å². The van der Waals surface area contributed by atoms with Crippen molar-refractivity contribution < 1.29 is 85.1 Å². The Morgan fingerprint density at radius 1 is 0.778 bits per heavy atom. The Balaban J connectivity index is 0. The third-order valence-corrected chi connectivity index (χ3v) is 4.13. The fourth-order valence-electron chi connectivity index (χ4n) is 0.894. The van der Waals surface area contributed by atoms with Gasteiger partial charge in [0.15, 0.2) is 0 Å². The van der Waals surface area contributed by atoms with Crippen molar-refractivity contribution >= 4 is 43.4 Å². The van der Waals surface area contributed by atoms with E-state index in [1.807, 2.05) is 0 Å². The Bertz CT molecular complexity index is 585. The quantitative estimate of drug-likeness (QED) is 0.389. The Morgan fingerprint density at radius 3 is 1.17 bits per heavy atom. The minimum absolute atomic E-state index is 0. The fraction of sp³-hybridized carbons (Fsp3) is 0. The van der Waals surface area contributed by atoms with E-state index in [0.29, 0.717) is 12.1 Å². The van der Waals surface area contributed by atoms with Gasteiger partial charge in [-0.15, -0.1) is 0 Å². The SMILES string of the molecule is O=S(=O)([O-])c1cc(Cl)c(S(=O)(=O)[O-])cc1Cl.[Na+].[Na+]. The molecular weight excluding hydrogens is 349 g/mol. The molecule has 0 spiro atoms. The van der Waals surface area contributed by atoms with Gasteiger partial charge in [-0.05, 0) is 12.1 Å². The van der Waals surface area contributed by atoms with Crippen molar-refractivity contribution in [1.29, 1.82) is 0 Å². The second-order valence-corrected chi connectivity index (χ2v) is 6.13. The number of halogens is 2. The van der Waals surface area contributed by atoms with E-state index in [0.717, 1.165) is 0 Å². The van der Waals surface area contributed by atoms with Crippen LogP contribution in [-0.2, 0) is 20.2 Å². The molecule has 12 heteroatoms. The van der Waals surface area contributed by atoms with Crippen LogP contribution in [0.1, 0.15) is 0 Å². The number of hydrogen-bond acceptors (Lipinski definition) is 6. The van der Waals surface area contributed by atoms with Gasteiger partial charge < -0.3 is 9.11 Å². The van der Waals surface area contributed by atoms with Crippen LogP contribution in [-0.4, -0.2) is 25.9 Å². The van der Waals surface area contributed by atoms with Gasteiger partial charge in [0.05, 0.1) is 19.8 Å². The third-order valence-electron chi connectivity index (χ3n) is 1.53. The molecular formula is C6H2Cl2Na2O6S2. The summed E-state index contributed by atoms with van der Waals surface area (Å²) in [6, 6.07) is 1.05. The van der Waals surface area contributed by atoms with Crippen molar-refractivity contribution in [2.24, 2.45) is 0 Å². The van der Waals surface area contributed by atoms with Gasteiger partial charge in [0, 0.05) is 0 Å². The first kappa shape index (κ1) is 21.9. The standard InChI is InChI=1S/C6H4Cl2O6S2.2Na/c7-3-1-5(15(9,10)11)4(8)2-6(3)16(12,13)14;;/h1-2H,(H,9,10,11)(H,12,13,14);;/q;2*+1/p-2. The first-order valence-electron chi connectivity index (χ1n) is 3.44. The molecule has 0 heterocycles. The molecule has 0 N–H and O–H groups in total. The van der Waals surface area contributed by atoms with E-state index in [-0.39, 0.29) is 59.1 Å². The summed E-state index contributed by atoms with van der Waals surface area (Å²) in [7, 11) is -9.76. The molecule has 0 saturated carbocycles. The van der Waals surface area contributed by atoms with Crippen molar-refractivity contribution in [3.63, 3.8) is 0 Å². The van der Waals surface area contributed by atoms with E-state index in [9.17, 15) is 25.9 Å².